The van der Waals surface area contributed by atoms with Gasteiger partial charge in [-0.2, -0.15) is 0 Å². The lowest BCUT2D eigenvalue weighted by Crippen LogP contribution is -2.35. The van der Waals surface area contributed by atoms with Crippen LogP contribution < -0.4 is 20.5 Å². The van der Waals surface area contributed by atoms with Crippen molar-refractivity contribution in [1.82, 2.24) is 5.32 Å². The third-order valence-electron chi connectivity index (χ3n) is 3.66. The molecule has 1 heterocycles. The SMILES string of the molecule is CCOc1cc(CC2CCCCN2)cc(OCC)c1N. The molecule has 1 aliphatic rings. The van der Waals surface area contributed by atoms with Gasteiger partial charge in [-0.15, -0.1) is 0 Å². The van der Waals surface area contributed by atoms with E-state index in [1.165, 1.54) is 24.8 Å². The lowest BCUT2D eigenvalue weighted by atomic mass is 9.97. The summed E-state index contributed by atoms with van der Waals surface area (Å²) in [5.41, 5.74) is 7.92. The summed E-state index contributed by atoms with van der Waals surface area (Å²) in [5.74, 6) is 1.48. The van der Waals surface area contributed by atoms with E-state index in [9.17, 15) is 0 Å². The zero-order valence-corrected chi connectivity index (χ0v) is 12.6. The molecule has 3 N–H and O–H groups in total. The number of hydrogen-bond donors (Lipinski definition) is 2. The van der Waals surface area contributed by atoms with Crippen molar-refractivity contribution in [3.8, 4) is 11.5 Å². The maximum atomic E-state index is 6.09. The van der Waals surface area contributed by atoms with Gasteiger partial charge >= 0.3 is 0 Å². The second-order valence-corrected chi connectivity index (χ2v) is 5.22. The number of nitrogens with two attached hydrogens (primary N) is 1. The number of hydrogen-bond acceptors (Lipinski definition) is 4. The summed E-state index contributed by atoms with van der Waals surface area (Å²) in [7, 11) is 0. The molecule has 0 radical (unpaired) electrons. The minimum atomic E-state index is 0.552. The molecule has 1 fully saturated rings. The number of nitrogen functional groups attached to an aromatic ring is 1. The fourth-order valence-electron chi connectivity index (χ4n) is 2.71. The van der Waals surface area contributed by atoms with Gasteiger partial charge in [0.25, 0.3) is 0 Å². The molecule has 0 aromatic heterocycles. The minimum absolute atomic E-state index is 0.552. The number of rotatable bonds is 6. The van der Waals surface area contributed by atoms with Crippen LogP contribution in [0.1, 0.15) is 38.7 Å². The maximum Gasteiger partial charge on any atom is 0.146 e. The Labute approximate surface area is 121 Å². The Morgan fingerprint density at radius 2 is 1.80 bits per heavy atom. The van der Waals surface area contributed by atoms with Crippen LogP contribution in [-0.4, -0.2) is 25.8 Å². The molecule has 0 aliphatic carbocycles. The quantitative estimate of drug-likeness (QED) is 0.786. The lowest BCUT2D eigenvalue weighted by molar-refractivity contribution is 0.325. The first-order valence-electron chi connectivity index (χ1n) is 7.66. The van der Waals surface area contributed by atoms with Crippen LogP contribution >= 0.6 is 0 Å². The van der Waals surface area contributed by atoms with Gasteiger partial charge < -0.3 is 20.5 Å². The lowest BCUT2D eigenvalue weighted by Gasteiger charge is -2.24. The van der Waals surface area contributed by atoms with E-state index in [4.69, 9.17) is 15.2 Å². The molecule has 1 aliphatic heterocycles. The zero-order chi connectivity index (χ0) is 14.4. The van der Waals surface area contributed by atoms with E-state index < -0.39 is 0 Å². The highest BCUT2D eigenvalue weighted by molar-refractivity contribution is 5.64. The molecule has 1 unspecified atom stereocenters. The Bertz CT molecular complexity index is 401. The molecule has 1 aromatic rings. The third kappa shape index (κ3) is 3.79. The normalized spacial score (nSPS) is 18.8. The highest BCUT2D eigenvalue weighted by atomic mass is 16.5. The minimum Gasteiger partial charge on any atom is -0.492 e. The van der Waals surface area contributed by atoms with Gasteiger partial charge in [-0.3, -0.25) is 0 Å². The fraction of sp³-hybridized carbons (Fsp3) is 0.625. The highest BCUT2D eigenvalue weighted by Gasteiger charge is 2.16. The molecule has 0 spiro atoms. The average Bonchev–Trinajstić information content (AvgIpc) is 2.45. The van der Waals surface area contributed by atoms with E-state index in [2.05, 4.69) is 17.4 Å². The number of benzene rings is 1. The summed E-state index contributed by atoms with van der Waals surface area (Å²) in [6.07, 6.45) is 4.83. The number of ether oxygens (including phenoxy) is 2. The van der Waals surface area contributed by atoms with E-state index in [1.807, 2.05) is 13.8 Å². The maximum absolute atomic E-state index is 6.09. The largest absolute Gasteiger partial charge is 0.492 e. The topological polar surface area (TPSA) is 56.5 Å². The summed E-state index contributed by atoms with van der Waals surface area (Å²) in [6, 6.07) is 4.66. The Kier molecular flexibility index (Phi) is 5.53. The summed E-state index contributed by atoms with van der Waals surface area (Å²) in [4.78, 5) is 0. The second-order valence-electron chi connectivity index (χ2n) is 5.22. The van der Waals surface area contributed by atoms with Crippen LogP contribution in [0.4, 0.5) is 5.69 Å². The van der Waals surface area contributed by atoms with Gasteiger partial charge in [0, 0.05) is 6.04 Å². The second kappa shape index (κ2) is 7.39. The predicted octanol–water partition coefficient (Wildman–Crippen LogP) is 2.75. The number of anilines is 1. The molecular weight excluding hydrogens is 252 g/mol. The van der Waals surface area contributed by atoms with Crippen LogP contribution in [0.2, 0.25) is 0 Å². The molecule has 1 atom stereocenters. The predicted molar refractivity (Wildman–Crippen MR) is 82.5 cm³/mol. The number of piperidine rings is 1. The van der Waals surface area contributed by atoms with Crippen molar-refractivity contribution in [3.05, 3.63) is 17.7 Å². The van der Waals surface area contributed by atoms with Crippen molar-refractivity contribution in [1.29, 1.82) is 0 Å². The van der Waals surface area contributed by atoms with Crippen LogP contribution in [0.3, 0.4) is 0 Å². The van der Waals surface area contributed by atoms with Crippen LogP contribution in [0.15, 0.2) is 12.1 Å². The van der Waals surface area contributed by atoms with Crippen LogP contribution in [-0.2, 0) is 6.42 Å². The molecule has 4 heteroatoms. The first kappa shape index (κ1) is 15.0. The van der Waals surface area contributed by atoms with Crippen molar-refractivity contribution in [3.63, 3.8) is 0 Å². The molecule has 0 saturated carbocycles. The Balaban J connectivity index is 2.17. The standard InChI is InChI=1S/C16H26N2O2/c1-3-19-14-10-12(9-13-7-5-6-8-18-13)11-15(16(14)17)20-4-2/h10-11,13,18H,3-9,17H2,1-2H3. The van der Waals surface area contributed by atoms with E-state index in [0.717, 1.165) is 24.5 Å². The van der Waals surface area contributed by atoms with Crippen molar-refractivity contribution < 1.29 is 9.47 Å². The molecule has 112 valence electrons. The molecule has 1 saturated heterocycles. The summed E-state index contributed by atoms with van der Waals surface area (Å²) in [6.45, 7) is 6.28. The summed E-state index contributed by atoms with van der Waals surface area (Å²) in [5, 5.41) is 3.57. The van der Waals surface area contributed by atoms with Gasteiger partial charge in [-0.25, -0.2) is 0 Å². The average molecular weight is 278 g/mol. The van der Waals surface area contributed by atoms with Crippen LogP contribution in [0.5, 0.6) is 11.5 Å². The number of nitrogens with one attached hydrogen (secondary N) is 1. The van der Waals surface area contributed by atoms with Gasteiger partial charge in [0.15, 0.2) is 0 Å². The molecule has 4 nitrogen and oxygen atoms in total. The van der Waals surface area contributed by atoms with Crippen LogP contribution in [0.25, 0.3) is 0 Å². The van der Waals surface area contributed by atoms with Gasteiger partial charge in [-0.05, 0) is 57.4 Å². The summed E-state index contributed by atoms with van der Waals surface area (Å²) >= 11 is 0. The Morgan fingerprint density at radius 3 is 2.30 bits per heavy atom. The Morgan fingerprint density at radius 1 is 1.15 bits per heavy atom. The van der Waals surface area contributed by atoms with Crippen molar-refractivity contribution in [2.45, 2.75) is 45.6 Å². The van der Waals surface area contributed by atoms with Gasteiger partial charge in [0.05, 0.1) is 13.2 Å². The molecule has 0 bridgehead atoms. The smallest absolute Gasteiger partial charge is 0.146 e. The van der Waals surface area contributed by atoms with E-state index in [-0.39, 0.29) is 0 Å². The first-order chi connectivity index (χ1) is 9.74. The zero-order valence-electron chi connectivity index (χ0n) is 12.6. The monoisotopic (exact) mass is 278 g/mol. The van der Waals surface area contributed by atoms with Gasteiger partial charge in [0.1, 0.15) is 17.2 Å². The van der Waals surface area contributed by atoms with Gasteiger partial charge in [0.2, 0.25) is 0 Å². The van der Waals surface area contributed by atoms with E-state index >= 15 is 0 Å². The first-order valence-corrected chi connectivity index (χ1v) is 7.66. The molecule has 1 aromatic carbocycles. The van der Waals surface area contributed by atoms with Crippen LogP contribution in [0, 0.1) is 0 Å². The molecule has 0 amide bonds. The molecule has 2 rings (SSSR count). The Hall–Kier alpha value is -1.42. The highest BCUT2D eigenvalue weighted by Crippen LogP contribution is 2.34. The van der Waals surface area contributed by atoms with Crippen molar-refractivity contribution in [2.24, 2.45) is 0 Å². The van der Waals surface area contributed by atoms with Crippen molar-refractivity contribution >= 4 is 5.69 Å². The molecular formula is C16H26N2O2. The van der Waals surface area contributed by atoms with E-state index in [0.29, 0.717) is 24.9 Å². The van der Waals surface area contributed by atoms with Gasteiger partial charge in [-0.1, -0.05) is 6.42 Å². The molecule has 20 heavy (non-hydrogen) atoms. The summed E-state index contributed by atoms with van der Waals surface area (Å²) < 4.78 is 11.3. The third-order valence-corrected chi connectivity index (χ3v) is 3.66. The fourth-order valence-corrected chi connectivity index (χ4v) is 2.71. The van der Waals surface area contributed by atoms with Crippen molar-refractivity contribution in [2.75, 3.05) is 25.5 Å². The van der Waals surface area contributed by atoms with E-state index in [1.54, 1.807) is 0 Å².